The molecular formula is C19H25N3O3. The van der Waals surface area contributed by atoms with Crippen LogP contribution in [0, 0.1) is 0 Å². The summed E-state index contributed by atoms with van der Waals surface area (Å²) in [6.07, 6.45) is 4.33. The van der Waals surface area contributed by atoms with Gasteiger partial charge in [-0.2, -0.15) is 0 Å². The fourth-order valence-corrected chi connectivity index (χ4v) is 3.20. The lowest BCUT2D eigenvalue weighted by Crippen LogP contribution is -2.57. The van der Waals surface area contributed by atoms with Gasteiger partial charge in [-0.1, -0.05) is 42.5 Å². The van der Waals surface area contributed by atoms with Crippen LogP contribution in [0.2, 0.25) is 0 Å². The third-order valence-corrected chi connectivity index (χ3v) is 4.62. The number of carbonyl (C=O) groups excluding carboxylic acids is 2. The highest BCUT2D eigenvalue weighted by atomic mass is 16.5. The Labute approximate surface area is 148 Å². The Morgan fingerprint density at radius 1 is 1.20 bits per heavy atom. The lowest BCUT2D eigenvalue weighted by atomic mass is 10.1. The molecule has 134 valence electrons. The highest BCUT2D eigenvalue weighted by molar-refractivity contribution is 5.89. The average Bonchev–Trinajstić information content (AvgIpc) is 2.66. The van der Waals surface area contributed by atoms with Crippen LogP contribution in [-0.2, 0) is 14.3 Å². The molecule has 25 heavy (non-hydrogen) atoms. The zero-order chi connectivity index (χ0) is 17.5. The second-order valence-electron chi connectivity index (χ2n) is 6.31. The fourth-order valence-electron chi connectivity index (χ4n) is 3.20. The van der Waals surface area contributed by atoms with Crippen LogP contribution < -0.4 is 5.32 Å². The molecule has 0 spiro atoms. The van der Waals surface area contributed by atoms with Crippen molar-refractivity contribution in [3.8, 4) is 0 Å². The topological polar surface area (TPSA) is 61.9 Å². The van der Waals surface area contributed by atoms with E-state index in [1.54, 1.807) is 4.90 Å². The monoisotopic (exact) mass is 343 g/mol. The summed E-state index contributed by atoms with van der Waals surface area (Å²) in [5.74, 6) is -0.0247. The van der Waals surface area contributed by atoms with Gasteiger partial charge >= 0.3 is 0 Å². The van der Waals surface area contributed by atoms with E-state index in [-0.39, 0.29) is 18.2 Å². The van der Waals surface area contributed by atoms with Gasteiger partial charge in [0.2, 0.25) is 11.8 Å². The first-order chi connectivity index (χ1) is 12.2. The maximum absolute atomic E-state index is 12.5. The Bertz CT molecular complexity index is 612. The van der Waals surface area contributed by atoms with Crippen LogP contribution in [0.4, 0.5) is 0 Å². The maximum atomic E-state index is 12.5. The first kappa shape index (κ1) is 17.6. The van der Waals surface area contributed by atoms with Crippen LogP contribution in [0.15, 0.2) is 36.4 Å². The number of nitrogens with one attached hydrogen (secondary N) is 1. The molecule has 2 amide bonds. The van der Waals surface area contributed by atoms with E-state index in [4.69, 9.17) is 4.74 Å². The summed E-state index contributed by atoms with van der Waals surface area (Å²) >= 11 is 0. The standard InChI is InChI=1S/C19H25N3O3/c23-18(22-11-13-25-14-12-22)15-17-19(24)20-8-10-21(17)9-4-7-16-5-2-1-3-6-16/h1-7,17H,8-15H2,(H,20,24)/b7-4+. The number of morpholine rings is 1. The Morgan fingerprint density at radius 3 is 2.72 bits per heavy atom. The molecule has 0 radical (unpaired) electrons. The van der Waals surface area contributed by atoms with E-state index < -0.39 is 6.04 Å². The molecule has 0 aliphatic carbocycles. The number of benzene rings is 1. The molecule has 1 aromatic carbocycles. The van der Waals surface area contributed by atoms with Crippen LogP contribution in [0.25, 0.3) is 6.08 Å². The van der Waals surface area contributed by atoms with E-state index >= 15 is 0 Å². The van der Waals surface area contributed by atoms with Crippen LogP contribution in [0.3, 0.4) is 0 Å². The predicted octanol–water partition coefficient (Wildman–Crippen LogP) is 0.749. The third-order valence-electron chi connectivity index (χ3n) is 4.62. The summed E-state index contributed by atoms with van der Waals surface area (Å²) in [6.45, 7) is 4.41. The van der Waals surface area contributed by atoms with Crippen molar-refractivity contribution < 1.29 is 14.3 Å². The second-order valence-corrected chi connectivity index (χ2v) is 6.31. The molecule has 1 atom stereocenters. The second kappa shape index (κ2) is 8.78. The summed E-state index contributed by atoms with van der Waals surface area (Å²) < 4.78 is 5.28. The largest absolute Gasteiger partial charge is 0.378 e. The molecule has 0 bridgehead atoms. The van der Waals surface area contributed by atoms with Gasteiger partial charge in [-0.05, 0) is 5.56 Å². The maximum Gasteiger partial charge on any atom is 0.237 e. The molecule has 3 rings (SSSR count). The highest BCUT2D eigenvalue weighted by Crippen LogP contribution is 2.12. The SMILES string of the molecule is O=C1NCCN(C/C=C/c2ccccc2)C1CC(=O)N1CCOCC1. The molecule has 0 saturated carbocycles. The van der Waals surface area contributed by atoms with Crippen LogP contribution in [0.5, 0.6) is 0 Å². The molecule has 1 N–H and O–H groups in total. The Morgan fingerprint density at radius 2 is 1.96 bits per heavy atom. The van der Waals surface area contributed by atoms with Crippen molar-refractivity contribution in [2.75, 3.05) is 45.9 Å². The van der Waals surface area contributed by atoms with Crippen molar-refractivity contribution in [2.24, 2.45) is 0 Å². The molecule has 0 aromatic heterocycles. The molecule has 2 aliphatic rings. The number of amides is 2. The van der Waals surface area contributed by atoms with Crippen LogP contribution in [-0.4, -0.2) is 73.6 Å². The van der Waals surface area contributed by atoms with Gasteiger partial charge in [0.15, 0.2) is 0 Å². The number of rotatable bonds is 5. The van der Waals surface area contributed by atoms with E-state index in [1.807, 2.05) is 36.4 Å². The number of piperazine rings is 1. The molecular weight excluding hydrogens is 318 g/mol. The zero-order valence-corrected chi connectivity index (χ0v) is 14.4. The minimum Gasteiger partial charge on any atom is -0.378 e. The molecule has 2 aliphatic heterocycles. The predicted molar refractivity (Wildman–Crippen MR) is 95.9 cm³/mol. The van der Waals surface area contributed by atoms with Crippen molar-refractivity contribution in [2.45, 2.75) is 12.5 Å². The van der Waals surface area contributed by atoms with Gasteiger partial charge in [0.05, 0.1) is 25.7 Å². The van der Waals surface area contributed by atoms with Crippen molar-refractivity contribution in [1.29, 1.82) is 0 Å². The van der Waals surface area contributed by atoms with Crippen molar-refractivity contribution in [3.63, 3.8) is 0 Å². The normalized spacial score (nSPS) is 22.2. The van der Waals surface area contributed by atoms with Crippen LogP contribution in [0.1, 0.15) is 12.0 Å². The summed E-state index contributed by atoms with van der Waals surface area (Å²) in [6, 6.07) is 9.66. The minimum atomic E-state index is -0.399. The minimum absolute atomic E-state index is 0.0300. The van der Waals surface area contributed by atoms with Gasteiger partial charge < -0.3 is 15.0 Å². The molecule has 1 aromatic rings. The fraction of sp³-hybridized carbons (Fsp3) is 0.474. The smallest absolute Gasteiger partial charge is 0.237 e. The summed E-state index contributed by atoms with van der Waals surface area (Å²) in [5.41, 5.74) is 1.13. The van der Waals surface area contributed by atoms with Crippen molar-refractivity contribution in [1.82, 2.24) is 15.1 Å². The van der Waals surface area contributed by atoms with Gasteiger partial charge in [-0.15, -0.1) is 0 Å². The average molecular weight is 343 g/mol. The Kier molecular flexibility index (Phi) is 6.19. The van der Waals surface area contributed by atoms with Gasteiger partial charge in [-0.25, -0.2) is 0 Å². The molecule has 2 saturated heterocycles. The molecule has 6 nitrogen and oxygen atoms in total. The lowest BCUT2D eigenvalue weighted by molar-refractivity contribution is -0.141. The number of carbonyl (C=O) groups is 2. The number of nitrogens with zero attached hydrogens (tertiary/aromatic N) is 2. The van der Waals surface area contributed by atoms with E-state index in [1.165, 1.54) is 0 Å². The van der Waals surface area contributed by atoms with Gasteiger partial charge in [0, 0.05) is 32.7 Å². The quantitative estimate of drug-likeness (QED) is 0.857. The number of hydrogen-bond donors (Lipinski definition) is 1. The molecule has 6 heteroatoms. The summed E-state index contributed by atoms with van der Waals surface area (Å²) in [5, 5.41) is 2.88. The highest BCUT2D eigenvalue weighted by Gasteiger charge is 2.32. The van der Waals surface area contributed by atoms with Gasteiger partial charge in [0.25, 0.3) is 0 Å². The van der Waals surface area contributed by atoms with Gasteiger partial charge in [-0.3, -0.25) is 14.5 Å². The first-order valence-electron chi connectivity index (χ1n) is 8.83. The van der Waals surface area contributed by atoms with Gasteiger partial charge in [0.1, 0.15) is 0 Å². The summed E-state index contributed by atoms with van der Waals surface area (Å²) in [4.78, 5) is 28.7. The summed E-state index contributed by atoms with van der Waals surface area (Å²) in [7, 11) is 0. The van der Waals surface area contributed by atoms with Crippen LogP contribution >= 0.6 is 0 Å². The van der Waals surface area contributed by atoms with Crippen molar-refractivity contribution in [3.05, 3.63) is 42.0 Å². The number of hydrogen-bond acceptors (Lipinski definition) is 4. The van der Waals surface area contributed by atoms with E-state index in [9.17, 15) is 9.59 Å². The van der Waals surface area contributed by atoms with E-state index in [0.717, 1.165) is 12.1 Å². The zero-order valence-electron chi connectivity index (χ0n) is 14.4. The Balaban J connectivity index is 1.59. The lowest BCUT2D eigenvalue weighted by Gasteiger charge is -2.35. The van der Waals surface area contributed by atoms with E-state index in [2.05, 4.69) is 16.3 Å². The van der Waals surface area contributed by atoms with Crippen molar-refractivity contribution >= 4 is 17.9 Å². The van der Waals surface area contributed by atoms with E-state index in [0.29, 0.717) is 39.4 Å². The molecule has 2 heterocycles. The molecule has 2 fully saturated rings. The molecule has 1 unspecified atom stereocenters. The Hall–Kier alpha value is -2.18. The third kappa shape index (κ3) is 4.90. The first-order valence-corrected chi connectivity index (χ1v) is 8.83. The number of ether oxygens (including phenoxy) is 1.